The summed E-state index contributed by atoms with van der Waals surface area (Å²) in [5.41, 5.74) is 1.56. The van der Waals surface area contributed by atoms with E-state index in [-0.39, 0.29) is 18.4 Å². The van der Waals surface area contributed by atoms with Crippen LogP contribution in [0.25, 0.3) is 0 Å². The highest BCUT2D eigenvalue weighted by molar-refractivity contribution is 5.35. The van der Waals surface area contributed by atoms with Crippen LogP contribution in [0.4, 0.5) is 8.78 Å². The van der Waals surface area contributed by atoms with E-state index < -0.39 is 0 Å². The van der Waals surface area contributed by atoms with E-state index in [9.17, 15) is 8.78 Å². The molecule has 0 aliphatic carbocycles. The van der Waals surface area contributed by atoms with Crippen molar-refractivity contribution in [2.24, 2.45) is 5.92 Å². The summed E-state index contributed by atoms with van der Waals surface area (Å²) >= 11 is 0. The molecule has 0 atom stereocenters. The van der Waals surface area contributed by atoms with Gasteiger partial charge in [-0.2, -0.15) is 0 Å². The Bertz CT molecular complexity index is 393. The molecule has 0 saturated carbocycles. The summed E-state index contributed by atoms with van der Waals surface area (Å²) in [5, 5.41) is 0. The first-order chi connectivity index (χ1) is 8.60. The number of nitrogens with zero attached hydrogens (tertiary/aromatic N) is 1. The van der Waals surface area contributed by atoms with Crippen LogP contribution in [0.15, 0.2) is 12.1 Å². The lowest BCUT2D eigenvalue weighted by molar-refractivity contribution is 0.0668. The highest BCUT2D eigenvalue weighted by atomic mass is 19.1. The third kappa shape index (κ3) is 2.99. The molecule has 2 nitrogen and oxygen atoms in total. The summed E-state index contributed by atoms with van der Waals surface area (Å²) in [4.78, 5) is 2.14. The van der Waals surface area contributed by atoms with Gasteiger partial charge in [0.2, 0.25) is 0 Å². The van der Waals surface area contributed by atoms with Crippen molar-refractivity contribution in [3.8, 4) is 5.75 Å². The van der Waals surface area contributed by atoms with E-state index in [4.69, 9.17) is 4.74 Å². The van der Waals surface area contributed by atoms with Gasteiger partial charge in [0.25, 0.3) is 0 Å². The van der Waals surface area contributed by atoms with E-state index >= 15 is 0 Å². The van der Waals surface area contributed by atoms with Crippen LogP contribution >= 0.6 is 0 Å². The van der Waals surface area contributed by atoms with E-state index in [0.717, 1.165) is 25.2 Å². The average molecular weight is 255 g/mol. The molecular formula is C14H19F2NO. The minimum absolute atomic E-state index is 0.198. The zero-order chi connectivity index (χ0) is 13.1. The van der Waals surface area contributed by atoms with Gasteiger partial charge in [0.15, 0.2) is 0 Å². The number of halogens is 2. The second kappa shape index (κ2) is 5.65. The molecule has 0 bridgehead atoms. The Morgan fingerprint density at radius 3 is 2.67 bits per heavy atom. The number of hydrogen-bond acceptors (Lipinski definition) is 2. The van der Waals surface area contributed by atoms with Crippen LogP contribution < -0.4 is 4.74 Å². The quantitative estimate of drug-likeness (QED) is 0.802. The minimum Gasteiger partial charge on any atom is -0.492 e. The fourth-order valence-electron chi connectivity index (χ4n) is 2.12. The lowest BCUT2D eigenvalue weighted by Crippen LogP contribution is -2.49. The number of hydrogen-bond donors (Lipinski definition) is 0. The standard InChI is InChI=1S/C14H19F2NO/c1-10-5-13(6-14(16)11(10)2)18-4-3-17-8-12(7-15)9-17/h5-6,12H,3-4,7-9H2,1-2H3. The third-order valence-corrected chi connectivity index (χ3v) is 3.50. The fourth-order valence-corrected chi connectivity index (χ4v) is 2.12. The predicted molar refractivity (Wildman–Crippen MR) is 67.3 cm³/mol. The fraction of sp³-hybridized carbons (Fsp3) is 0.571. The van der Waals surface area contributed by atoms with Gasteiger partial charge in [-0.3, -0.25) is 9.29 Å². The molecule has 1 aromatic rings. The SMILES string of the molecule is Cc1cc(OCCN2CC(CF)C2)cc(F)c1C. The van der Waals surface area contributed by atoms with Gasteiger partial charge in [-0.05, 0) is 31.0 Å². The van der Waals surface area contributed by atoms with Crippen molar-refractivity contribution in [1.29, 1.82) is 0 Å². The van der Waals surface area contributed by atoms with Crippen molar-refractivity contribution < 1.29 is 13.5 Å². The molecule has 1 fully saturated rings. The van der Waals surface area contributed by atoms with Crippen molar-refractivity contribution in [3.63, 3.8) is 0 Å². The molecule has 1 aliphatic heterocycles. The molecule has 2 rings (SSSR count). The van der Waals surface area contributed by atoms with Crippen molar-refractivity contribution in [1.82, 2.24) is 4.90 Å². The number of likely N-dealkylation sites (tertiary alicyclic amines) is 1. The minimum atomic E-state index is -0.236. The zero-order valence-electron chi connectivity index (χ0n) is 10.9. The Morgan fingerprint density at radius 1 is 1.33 bits per heavy atom. The topological polar surface area (TPSA) is 12.5 Å². The molecule has 0 aromatic heterocycles. The maximum atomic E-state index is 13.5. The third-order valence-electron chi connectivity index (χ3n) is 3.50. The Balaban J connectivity index is 1.77. The first-order valence-electron chi connectivity index (χ1n) is 6.28. The molecule has 1 saturated heterocycles. The largest absolute Gasteiger partial charge is 0.492 e. The van der Waals surface area contributed by atoms with Gasteiger partial charge in [-0.15, -0.1) is 0 Å². The van der Waals surface area contributed by atoms with Gasteiger partial charge in [0, 0.05) is 31.6 Å². The van der Waals surface area contributed by atoms with Gasteiger partial charge in [0.1, 0.15) is 18.2 Å². The zero-order valence-corrected chi connectivity index (χ0v) is 10.9. The van der Waals surface area contributed by atoms with E-state index in [1.165, 1.54) is 6.07 Å². The highest BCUT2D eigenvalue weighted by Gasteiger charge is 2.25. The van der Waals surface area contributed by atoms with E-state index in [2.05, 4.69) is 4.90 Å². The van der Waals surface area contributed by atoms with Crippen molar-refractivity contribution in [2.45, 2.75) is 13.8 Å². The first kappa shape index (κ1) is 13.3. The molecule has 0 radical (unpaired) electrons. The van der Waals surface area contributed by atoms with Gasteiger partial charge in [-0.1, -0.05) is 0 Å². The molecule has 1 aliphatic rings. The Hall–Kier alpha value is -1.16. The van der Waals surface area contributed by atoms with Gasteiger partial charge < -0.3 is 4.74 Å². The van der Waals surface area contributed by atoms with E-state index in [1.54, 1.807) is 6.92 Å². The lowest BCUT2D eigenvalue weighted by Gasteiger charge is -2.37. The normalized spacial score (nSPS) is 16.7. The summed E-state index contributed by atoms with van der Waals surface area (Å²) in [6, 6.07) is 3.27. The van der Waals surface area contributed by atoms with Gasteiger partial charge in [-0.25, -0.2) is 4.39 Å². The smallest absolute Gasteiger partial charge is 0.130 e. The number of benzene rings is 1. The van der Waals surface area contributed by atoms with E-state index in [0.29, 0.717) is 17.9 Å². The van der Waals surface area contributed by atoms with Crippen LogP contribution in [0.3, 0.4) is 0 Å². The number of aryl methyl sites for hydroxylation is 1. The second-order valence-corrected chi connectivity index (χ2v) is 4.98. The van der Waals surface area contributed by atoms with E-state index in [1.807, 2.05) is 13.0 Å². The van der Waals surface area contributed by atoms with Crippen LogP contribution in [-0.4, -0.2) is 37.8 Å². The summed E-state index contributed by atoms with van der Waals surface area (Å²) in [7, 11) is 0. The highest BCUT2D eigenvalue weighted by Crippen LogP contribution is 2.21. The van der Waals surface area contributed by atoms with Gasteiger partial charge >= 0.3 is 0 Å². The summed E-state index contributed by atoms with van der Waals surface area (Å²) in [6.07, 6.45) is 0. The molecule has 0 amide bonds. The second-order valence-electron chi connectivity index (χ2n) is 4.98. The van der Waals surface area contributed by atoms with Crippen LogP contribution in [0.5, 0.6) is 5.75 Å². The molecular weight excluding hydrogens is 236 g/mol. The maximum Gasteiger partial charge on any atom is 0.130 e. The van der Waals surface area contributed by atoms with Crippen molar-refractivity contribution >= 4 is 0 Å². The monoisotopic (exact) mass is 255 g/mol. The Morgan fingerprint density at radius 2 is 2.06 bits per heavy atom. The summed E-state index contributed by atoms with van der Waals surface area (Å²) < 4.78 is 31.2. The Kier molecular flexibility index (Phi) is 4.17. The molecule has 1 aromatic carbocycles. The lowest BCUT2D eigenvalue weighted by atomic mass is 10.0. The predicted octanol–water partition coefficient (Wildman–Crippen LogP) is 2.72. The molecule has 0 N–H and O–H groups in total. The van der Waals surface area contributed by atoms with Gasteiger partial charge in [0.05, 0.1) is 6.67 Å². The molecule has 4 heteroatoms. The summed E-state index contributed by atoms with van der Waals surface area (Å²) in [6.45, 7) is 6.28. The maximum absolute atomic E-state index is 13.5. The molecule has 0 spiro atoms. The average Bonchev–Trinajstić information content (AvgIpc) is 2.28. The Labute approximate surface area is 107 Å². The molecule has 0 unspecified atom stereocenters. The molecule has 18 heavy (non-hydrogen) atoms. The number of alkyl halides is 1. The van der Waals surface area contributed by atoms with Crippen LogP contribution in [0, 0.1) is 25.6 Å². The van der Waals surface area contributed by atoms with Crippen LogP contribution in [0.2, 0.25) is 0 Å². The number of ether oxygens (including phenoxy) is 1. The first-order valence-corrected chi connectivity index (χ1v) is 6.28. The van der Waals surface area contributed by atoms with Crippen molar-refractivity contribution in [2.75, 3.05) is 32.9 Å². The molecule has 100 valence electrons. The van der Waals surface area contributed by atoms with Crippen molar-refractivity contribution in [3.05, 3.63) is 29.1 Å². The molecule has 1 heterocycles. The summed E-state index contributed by atoms with van der Waals surface area (Å²) in [5.74, 6) is 0.536. The van der Waals surface area contributed by atoms with Crippen LogP contribution in [-0.2, 0) is 0 Å². The van der Waals surface area contributed by atoms with Crippen LogP contribution in [0.1, 0.15) is 11.1 Å². The number of rotatable bonds is 5.